The summed E-state index contributed by atoms with van der Waals surface area (Å²) < 4.78 is 18.3. The standard InChI is InChI=1S/C17H19FN2O3/c1-11(21)14-15(12-5-7-13(18)8-6-12)19-23-16(14)17(22)20-9-3-2-4-10-20/h5-8,11,21H,2-4,9-10H2,1H3/t11-/m0/s1. The van der Waals surface area contributed by atoms with Crippen LogP contribution in [0.25, 0.3) is 11.3 Å². The van der Waals surface area contributed by atoms with Crippen molar-refractivity contribution in [2.45, 2.75) is 32.3 Å². The van der Waals surface area contributed by atoms with Gasteiger partial charge in [-0.05, 0) is 50.5 Å². The number of amides is 1. The van der Waals surface area contributed by atoms with E-state index in [1.807, 2.05) is 0 Å². The van der Waals surface area contributed by atoms with E-state index in [0.29, 0.717) is 29.9 Å². The number of rotatable bonds is 3. The average molecular weight is 318 g/mol. The summed E-state index contributed by atoms with van der Waals surface area (Å²) in [4.78, 5) is 14.4. The average Bonchev–Trinajstić information content (AvgIpc) is 3.01. The molecule has 0 spiro atoms. The molecule has 1 atom stereocenters. The van der Waals surface area contributed by atoms with Gasteiger partial charge in [0.1, 0.15) is 11.5 Å². The number of aromatic nitrogens is 1. The quantitative estimate of drug-likeness (QED) is 0.944. The molecule has 6 heteroatoms. The molecule has 2 aromatic rings. The highest BCUT2D eigenvalue weighted by Crippen LogP contribution is 2.31. The van der Waals surface area contributed by atoms with E-state index in [0.717, 1.165) is 19.3 Å². The van der Waals surface area contributed by atoms with Crippen LogP contribution < -0.4 is 0 Å². The Labute approximate surface area is 133 Å². The smallest absolute Gasteiger partial charge is 0.292 e. The maximum absolute atomic E-state index is 13.1. The van der Waals surface area contributed by atoms with Crippen molar-refractivity contribution in [1.82, 2.24) is 10.1 Å². The number of hydrogen-bond donors (Lipinski definition) is 1. The van der Waals surface area contributed by atoms with Gasteiger partial charge in [0.15, 0.2) is 0 Å². The number of aliphatic hydroxyl groups excluding tert-OH is 1. The second-order valence-corrected chi connectivity index (χ2v) is 5.81. The maximum Gasteiger partial charge on any atom is 0.292 e. The number of nitrogens with zero attached hydrogens (tertiary/aromatic N) is 2. The van der Waals surface area contributed by atoms with Crippen LogP contribution in [0.2, 0.25) is 0 Å². The van der Waals surface area contributed by atoms with E-state index < -0.39 is 6.10 Å². The highest BCUT2D eigenvalue weighted by molar-refractivity contribution is 5.94. The maximum atomic E-state index is 13.1. The largest absolute Gasteiger partial charge is 0.388 e. The Balaban J connectivity index is 1.98. The van der Waals surface area contributed by atoms with E-state index in [4.69, 9.17) is 4.52 Å². The fraction of sp³-hybridized carbons (Fsp3) is 0.412. The van der Waals surface area contributed by atoms with Crippen molar-refractivity contribution >= 4 is 5.91 Å². The van der Waals surface area contributed by atoms with Crippen LogP contribution in [0, 0.1) is 5.82 Å². The minimum Gasteiger partial charge on any atom is -0.388 e. The van der Waals surface area contributed by atoms with E-state index in [1.165, 1.54) is 12.1 Å². The summed E-state index contributed by atoms with van der Waals surface area (Å²) in [6.07, 6.45) is 2.14. The zero-order valence-corrected chi connectivity index (χ0v) is 13.0. The minimum atomic E-state index is -0.912. The molecule has 1 fully saturated rings. The molecule has 0 radical (unpaired) electrons. The third-order valence-electron chi connectivity index (χ3n) is 4.10. The van der Waals surface area contributed by atoms with Crippen LogP contribution in [0.3, 0.4) is 0 Å². The highest BCUT2D eigenvalue weighted by atomic mass is 19.1. The lowest BCUT2D eigenvalue weighted by Gasteiger charge is -2.26. The molecule has 1 aromatic carbocycles. The molecule has 1 amide bonds. The van der Waals surface area contributed by atoms with Gasteiger partial charge in [-0.3, -0.25) is 4.79 Å². The first kappa shape index (κ1) is 15.7. The highest BCUT2D eigenvalue weighted by Gasteiger charge is 2.30. The molecule has 1 saturated heterocycles. The third kappa shape index (κ3) is 3.12. The lowest BCUT2D eigenvalue weighted by molar-refractivity contribution is 0.0674. The molecule has 5 nitrogen and oxygen atoms in total. The molecule has 2 heterocycles. The zero-order chi connectivity index (χ0) is 16.4. The van der Waals surface area contributed by atoms with Crippen LogP contribution in [0.4, 0.5) is 4.39 Å². The van der Waals surface area contributed by atoms with Crippen LogP contribution in [-0.4, -0.2) is 34.2 Å². The molecule has 23 heavy (non-hydrogen) atoms. The fourth-order valence-corrected chi connectivity index (χ4v) is 2.90. The molecule has 1 N–H and O–H groups in total. The second-order valence-electron chi connectivity index (χ2n) is 5.81. The fourth-order valence-electron chi connectivity index (χ4n) is 2.90. The monoisotopic (exact) mass is 318 g/mol. The first-order valence-electron chi connectivity index (χ1n) is 7.81. The van der Waals surface area contributed by atoms with Gasteiger partial charge >= 0.3 is 0 Å². The molecular formula is C17H19FN2O3. The number of aliphatic hydroxyl groups is 1. The molecule has 1 aliphatic heterocycles. The number of piperidine rings is 1. The number of carbonyl (C=O) groups excluding carboxylic acids is 1. The number of hydrogen-bond acceptors (Lipinski definition) is 4. The van der Waals surface area contributed by atoms with Gasteiger partial charge in [0.05, 0.1) is 11.7 Å². The van der Waals surface area contributed by atoms with Gasteiger partial charge < -0.3 is 14.5 Å². The molecule has 0 unspecified atom stereocenters. The van der Waals surface area contributed by atoms with Gasteiger partial charge in [0.25, 0.3) is 5.91 Å². The second kappa shape index (κ2) is 6.50. The predicted octanol–water partition coefficient (Wildman–Crippen LogP) is 3.16. The summed E-state index contributed by atoms with van der Waals surface area (Å²) in [5.41, 5.74) is 1.33. The van der Waals surface area contributed by atoms with E-state index in [2.05, 4.69) is 5.16 Å². The summed E-state index contributed by atoms with van der Waals surface area (Å²) in [5, 5.41) is 14.0. The Morgan fingerprint density at radius 2 is 1.91 bits per heavy atom. The molecule has 3 rings (SSSR count). The summed E-state index contributed by atoms with van der Waals surface area (Å²) in [6, 6.07) is 5.71. The van der Waals surface area contributed by atoms with Gasteiger partial charge in [-0.1, -0.05) is 5.16 Å². The molecule has 0 aliphatic carbocycles. The van der Waals surface area contributed by atoms with Crippen LogP contribution in [-0.2, 0) is 0 Å². The normalized spacial score (nSPS) is 16.4. The van der Waals surface area contributed by atoms with Crippen molar-refractivity contribution < 1.29 is 18.8 Å². The Morgan fingerprint density at radius 3 is 2.52 bits per heavy atom. The van der Waals surface area contributed by atoms with Gasteiger partial charge in [0.2, 0.25) is 5.76 Å². The van der Waals surface area contributed by atoms with E-state index in [9.17, 15) is 14.3 Å². The Morgan fingerprint density at radius 1 is 1.26 bits per heavy atom. The molecule has 1 aliphatic rings. The topological polar surface area (TPSA) is 66.6 Å². The predicted molar refractivity (Wildman–Crippen MR) is 82.3 cm³/mol. The number of carbonyl (C=O) groups is 1. The Hall–Kier alpha value is -2.21. The number of likely N-dealkylation sites (tertiary alicyclic amines) is 1. The van der Waals surface area contributed by atoms with Crippen LogP contribution in [0.5, 0.6) is 0 Å². The zero-order valence-electron chi connectivity index (χ0n) is 13.0. The van der Waals surface area contributed by atoms with Crippen LogP contribution in [0.15, 0.2) is 28.8 Å². The third-order valence-corrected chi connectivity index (χ3v) is 4.10. The van der Waals surface area contributed by atoms with Gasteiger partial charge in [-0.25, -0.2) is 4.39 Å². The summed E-state index contributed by atoms with van der Waals surface area (Å²) in [7, 11) is 0. The molecule has 0 saturated carbocycles. The number of halogens is 1. The number of benzene rings is 1. The summed E-state index contributed by atoms with van der Waals surface area (Å²) >= 11 is 0. The van der Waals surface area contributed by atoms with Crippen molar-refractivity contribution in [3.63, 3.8) is 0 Å². The van der Waals surface area contributed by atoms with Crippen molar-refractivity contribution in [2.24, 2.45) is 0 Å². The van der Waals surface area contributed by atoms with Gasteiger partial charge in [-0.2, -0.15) is 0 Å². The lowest BCUT2D eigenvalue weighted by Crippen LogP contribution is -2.36. The molecule has 0 bridgehead atoms. The first-order valence-corrected chi connectivity index (χ1v) is 7.81. The molecular weight excluding hydrogens is 299 g/mol. The van der Waals surface area contributed by atoms with E-state index in [1.54, 1.807) is 24.0 Å². The Kier molecular flexibility index (Phi) is 4.43. The van der Waals surface area contributed by atoms with Crippen molar-refractivity contribution in [1.29, 1.82) is 0 Å². The summed E-state index contributed by atoms with van der Waals surface area (Å²) in [5.74, 6) is -0.539. The van der Waals surface area contributed by atoms with E-state index in [-0.39, 0.29) is 17.5 Å². The van der Waals surface area contributed by atoms with Gasteiger partial charge in [0, 0.05) is 18.7 Å². The lowest BCUT2D eigenvalue weighted by atomic mass is 10.0. The van der Waals surface area contributed by atoms with Crippen molar-refractivity contribution in [3.8, 4) is 11.3 Å². The first-order chi connectivity index (χ1) is 11.1. The van der Waals surface area contributed by atoms with Crippen LogP contribution in [0.1, 0.15) is 48.4 Å². The van der Waals surface area contributed by atoms with E-state index >= 15 is 0 Å². The van der Waals surface area contributed by atoms with Crippen LogP contribution >= 0.6 is 0 Å². The molecule has 122 valence electrons. The van der Waals surface area contributed by atoms with Crippen molar-refractivity contribution in [2.75, 3.05) is 13.1 Å². The van der Waals surface area contributed by atoms with Gasteiger partial charge in [-0.15, -0.1) is 0 Å². The SMILES string of the molecule is C[C@H](O)c1c(-c2ccc(F)cc2)noc1C(=O)N1CCCCC1. The Bertz CT molecular complexity index is 688. The van der Waals surface area contributed by atoms with Crippen molar-refractivity contribution in [3.05, 3.63) is 41.4 Å². The molecule has 1 aromatic heterocycles. The summed E-state index contributed by atoms with van der Waals surface area (Å²) in [6.45, 7) is 2.93. The minimum absolute atomic E-state index is 0.0706.